The van der Waals surface area contributed by atoms with Gasteiger partial charge in [0.1, 0.15) is 13.2 Å². The van der Waals surface area contributed by atoms with E-state index in [4.69, 9.17) is 0 Å². The van der Waals surface area contributed by atoms with Crippen LogP contribution in [0.4, 0.5) is 26.3 Å². The Morgan fingerprint density at radius 3 is 2.41 bits per heavy atom. The summed E-state index contributed by atoms with van der Waals surface area (Å²) in [7, 11) is 0. The highest BCUT2D eigenvalue weighted by atomic mass is 19.4. The number of carbonyl (C=O) groups is 1. The number of rotatable bonds is 5. The van der Waals surface area contributed by atoms with Gasteiger partial charge >= 0.3 is 12.4 Å². The van der Waals surface area contributed by atoms with Gasteiger partial charge in [0.25, 0.3) is 0 Å². The van der Waals surface area contributed by atoms with Crippen LogP contribution in [0.2, 0.25) is 0 Å². The van der Waals surface area contributed by atoms with E-state index in [0.29, 0.717) is 0 Å². The third-order valence-corrected chi connectivity index (χ3v) is 2.59. The molecule has 1 unspecified atom stereocenters. The molecule has 0 bridgehead atoms. The summed E-state index contributed by atoms with van der Waals surface area (Å²) in [6.07, 6.45) is -9.07. The normalized spacial score (nSPS) is 13.8. The number of benzene rings is 1. The molecule has 3 nitrogen and oxygen atoms in total. The van der Waals surface area contributed by atoms with Gasteiger partial charge in [0.05, 0.1) is 11.6 Å². The van der Waals surface area contributed by atoms with Crippen molar-refractivity contribution in [2.75, 3.05) is 13.2 Å². The van der Waals surface area contributed by atoms with Crippen molar-refractivity contribution < 1.29 is 35.9 Å². The van der Waals surface area contributed by atoms with Crippen LogP contribution in [0.3, 0.4) is 0 Å². The van der Waals surface area contributed by atoms with Crippen LogP contribution in [0, 0.1) is 0 Å². The Bertz CT molecular complexity index is 512. The molecule has 1 amide bonds. The van der Waals surface area contributed by atoms with Crippen molar-refractivity contribution >= 4 is 5.91 Å². The fraction of sp³-hybridized carbons (Fsp3) is 0.462. The van der Waals surface area contributed by atoms with E-state index in [1.165, 1.54) is 19.1 Å². The van der Waals surface area contributed by atoms with Crippen LogP contribution in [0.15, 0.2) is 24.3 Å². The third kappa shape index (κ3) is 6.33. The number of carbonyl (C=O) groups excluding carboxylic acids is 1. The molecule has 22 heavy (non-hydrogen) atoms. The Morgan fingerprint density at radius 2 is 1.86 bits per heavy atom. The minimum Gasteiger partial charge on any atom is -0.362 e. The smallest absolute Gasteiger partial charge is 0.362 e. The quantitative estimate of drug-likeness (QED) is 0.840. The molecule has 0 aliphatic heterocycles. The molecule has 0 spiro atoms. The Labute approximate surface area is 122 Å². The van der Waals surface area contributed by atoms with Gasteiger partial charge in [-0.15, -0.1) is 0 Å². The highest BCUT2D eigenvalue weighted by Gasteiger charge is 2.31. The van der Waals surface area contributed by atoms with E-state index in [-0.39, 0.29) is 5.56 Å². The molecule has 0 heterocycles. The lowest BCUT2D eigenvalue weighted by atomic mass is 10.0. The van der Waals surface area contributed by atoms with Crippen LogP contribution in [-0.4, -0.2) is 25.3 Å². The van der Waals surface area contributed by atoms with Gasteiger partial charge in [-0.1, -0.05) is 12.1 Å². The van der Waals surface area contributed by atoms with Gasteiger partial charge in [0.2, 0.25) is 5.91 Å². The largest absolute Gasteiger partial charge is 0.416 e. The minimum atomic E-state index is -4.55. The van der Waals surface area contributed by atoms with Crippen LogP contribution in [-0.2, 0) is 15.7 Å². The zero-order valence-corrected chi connectivity index (χ0v) is 11.4. The number of alkyl halides is 6. The predicted molar refractivity (Wildman–Crippen MR) is 64.9 cm³/mol. The van der Waals surface area contributed by atoms with Crippen molar-refractivity contribution in [2.24, 2.45) is 0 Å². The lowest BCUT2D eigenvalue weighted by Gasteiger charge is -2.16. The van der Waals surface area contributed by atoms with Crippen molar-refractivity contribution in [3.05, 3.63) is 35.4 Å². The molecule has 124 valence electrons. The van der Waals surface area contributed by atoms with Gasteiger partial charge in [-0.25, -0.2) is 0 Å². The van der Waals surface area contributed by atoms with Crippen molar-refractivity contribution in [1.82, 2.24) is 5.32 Å². The van der Waals surface area contributed by atoms with E-state index in [1.807, 2.05) is 0 Å². The zero-order valence-electron chi connectivity index (χ0n) is 11.4. The summed E-state index contributed by atoms with van der Waals surface area (Å²) < 4.78 is 77.3. The SMILES string of the molecule is CC(NC(=O)COCC(F)(F)F)c1cccc(C(F)(F)F)c1. The minimum absolute atomic E-state index is 0.180. The molecule has 9 heteroatoms. The maximum absolute atomic E-state index is 12.6. The second kappa shape index (κ2) is 6.99. The first-order valence-electron chi connectivity index (χ1n) is 6.10. The molecule has 0 aliphatic rings. The molecule has 0 radical (unpaired) electrons. The number of nitrogens with one attached hydrogen (secondary N) is 1. The summed E-state index contributed by atoms with van der Waals surface area (Å²) in [6, 6.07) is 3.49. The molecule has 0 aromatic heterocycles. The van der Waals surface area contributed by atoms with Gasteiger partial charge in [0.15, 0.2) is 0 Å². The highest BCUT2D eigenvalue weighted by Crippen LogP contribution is 2.30. The van der Waals surface area contributed by atoms with Crippen molar-refractivity contribution in [3.8, 4) is 0 Å². The van der Waals surface area contributed by atoms with E-state index < -0.39 is 43.1 Å². The van der Waals surface area contributed by atoms with E-state index >= 15 is 0 Å². The van der Waals surface area contributed by atoms with Gasteiger partial charge in [-0.2, -0.15) is 26.3 Å². The standard InChI is InChI=1S/C13H13F6NO2/c1-8(20-11(21)6-22-7-12(14,15)16)9-3-2-4-10(5-9)13(17,18)19/h2-5,8H,6-7H2,1H3,(H,20,21). The van der Waals surface area contributed by atoms with Crippen LogP contribution < -0.4 is 5.32 Å². The van der Waals surface area contributed by atoms with Crippen LogP contribution in [0.1, 0.15) is 24.1 Å². The number of ether oxygens (including phenoxy) is 1. The molecule has 0 saturated carbocycles. The lowest BCUT2D eigenvalue weighted by molar-refractivity contribution is -0.175. The third-order valence-electron chi connectivity index (χ3n) is 2.59. The average Bonchev–Trinajstić information content (AvgIpc) is 2.36. The van der Waals surface area contributed by atoms with Gasteiger partial charge in [-0.3, -0.25) is 4.79 Å². The maximum Gasteiger partial charge on any atom is 0.416 e. The Balaban J connectivity index is 2.58. The Kier molecular flexibility index (Phi) is 5.81. The maximum atomic E-state index is 12.6. The highest BCUT2D eigenvalue weighted by molar-refractivity contribution is 5.77. The van der Waals surface area contributed by atoms with Gasteiger partial charge in [-0.05, 0) is 24.6 Å². The monoisotopic (exact) mass is 329 g/mol. The molecule has 0 fully saturated rings. The molecule has 1 rings (SSSR count). The fourth-order valence-electron chi connectivity index (χ4n) is 1.61. The molecular weight excluding hydrogens is 316 g/mol. The molecule has 1 aromatic rings. The second-order valence-electron chi connectivity index (χ2n) is 4.52. The summed E-state index contributed by atoms with van der Waals surface area (Å²) >= 11 is 0. The molecule has 0 aliphatic carbocycles. The first-order chi connectivity index (χ1) is 9.99. The van der Waals surface area contributed by atoms with Crippen molar-refractivity contribution in [2.45, 2.75) is 25.3 Å². The molecular formula is C13H13F6NO2. The fourth-order valence-corrected chi connectivity index (χ4v) is 1.61. The first kappa shape index (κ1) is 18.3. The molecule has 1 N–H and O–H groups in total. The molecule has 0 saturated heterocycles. The summed E-state index contributed by atoms with van der Waals surface area (Å²) in [5.41, 5.74) is -0.696. The topological polar surface area (TPSA) is 38.3 Å². The van der Waals surface area contributed by atoms with Crippen molar-refractivity contribution in [3.63, 3.8) is 0 Å². The molecule has 1 aromatic carbocycles. The summed E-state index contributed by atoms with van der Waals surface area (Å²) in [6.45, 7) is -0.988. The van der Waals surface area contributed by atoms with Crippen molar-refractivity contribution in [1.29, 1.82) is 0 Å². The molecule has 1 atom stereocenters. The lowest BCUT2D eigenvalue weighted by Crippen LogP contribution is -2.31. The van der Waals surface area contributed by atoms with Gasteiger partial charge < -0.3 is 10.1 Å². The van der Waals surface area contributed by atoms with Crippen LogP contribution in [0.25, 0.3) is 0 Å². The Hall–Kier alpha value is -1.77. The number of halogens is 6. The van der Waals surface area contributed by atoms with E-state index in [0.717, 1.165) is 12.1 Å². The summed E-state index contributed by atoms with van der Waals surface area (Å²) in [5, 5.41) is 2.26. The predicted octanol–water partition coefficient (Wildman–Crippen LogP) is 3.46. The van der Waals surface area contributed by atoms with E-state index in [9.17, 15) is 31.1 Å². The number of amides is 1. The summed E-state index contributed by atoms with van der Waals surface area (Å²) in [5.74, 6) is -0.853. The van der Waals surface area contributed by atoms with Gasteiger partial charge in [0, 0.05) is 0 Å². The van der Waals surface area contributed by atoms with Crippen LogP contribution >= 0.6 is 0 Å². The van der Waals surface area contributed by atoms with E-state index in [2.05, 4.69) is 10.1 Å². The summed E-state index contributed by atoms with van der Waals surface area (Å²) in [4.78, 5) is 11.4. The van der Waals surface area contributed by atoms with E-state index in [1.54, 1.807) is 0 Å². The zero-order chi connectivity index (χ0) is 17.0. The second-order valence-corrected chi connectivity index (χ2v) is 4.52. The van der Waals surface area contributed by atoms with Crippen LogP contribution in [0.5, 0.6) is 0 Å². The first-order valence-corrected chi connectivity index (χ1v) is 6.10. The number of hydrogen-bond acceptors (Lipinski definition) is 2. The average molecular weight is 329 g/mol. The number of hydrogen-bond donors (Lipinski definition) is 1. The Morgan fingerprint density at radius 1 is 1.23 bits per heavy atom.